The maximum absolute atomic E-state index is 13.4. The predicted molar refractivity (Wildman–Crippen MR) is 153 cm³/mol. The van der Waals surface area contributed by atoms with E-state index in [1.54, 1.807) is 24.3 Å². The molecule has 1 aliphatic heterocycles. The van der Waals surface area contributed by atoms with Gasteiger partial charge in [-0.1, -0.05) is 56.3 Å². The van der Waals surface area contributed by atoms with E-state index in [0.29, 0.717) is 30.3 Å². The number of aromatic nitrogens is 1. The number of nitrogens with one attached hydrogen (secondary N) is 1. The van der Waals surface area contributed by atoms with Gasteiger partial charge in [-0.2, -0.15) is 0 Å². The summed E-state index contributed by atoms with van der Waals surface area (Å²) in [4.78, 5) is 39.8. The van der Waals surface area contributed by atoms with Crippen molar-refractivity contribution in [2.75, 3.05) is 11.5 Å². The Morgan fingerprint density at radius 3 is 2.46 bits per heavy atom. The number of nitrogens with zero attached hydrogens (tertiary/aromatic N) is 2. The molecule has 0 aliphatic carbocycles. The second-order valence-corrected chi connectivity index (χ2v) is 10.1. The number of aryl methyl sites for hydroxylation is 2. The highest BCUT2D eigenvalue weighted by atomic mass is 16.5. The van der Waals surface area contributed by atoms with Crippen LogP contribution in [0.3, 0.4) is 0 Å². The van der Waals surface area contributed by atoms with E-state index in [1.807, 2.05) is 50.4 Å². The Morgan fingerprint density at radius 2 is 1.69 bits per heavy atom. The molecule has 39 heavy (non-hydrogen) atoms. The molecular weight excluding hydrogens is 490 g/mol. The van der Waals surface area contributed by atoms with Gasteiger partial charge < -0.3 is 9.30 Å². The van der Waals surface area contributed by atoms with Gasteiger partial charge in [-0.3, -0.25) is 14.9 Å². The zero-order valence-corrected chi connectivity index (χ0v) is 22.5. The highest BCUT2D eigenvalue weighted by Gasteiger charge is 2.37. The zero-order valence-electron chi connectivity index (χ0n) is 22.5. The largest absolute Gasteiger partial charge is 0.491 e. The van der Waals surface area contributed by atoms with Crippen molar-refractivity contribution in [1.82, 2.24) is 9.88 Å². The van der Waals surface area contributed by atoms with Crippen molar-refractivity contribution < 1.29 is 19.1 Å². The van der Waals surface area contributed by atoms with Gasteiger partial charge in [0.1, 0.15) is 17.9 Å². The van der Waals surface area contributed by atoms with Gasteiger partial charge in [0.15, 0.2) is 0 Å². The van der Waals surface area contributed by atoms with Crippen LogP contribution in [0.25, 0.3) is 17.0 Å². The minimum Gasteiger partial charge on any atom is -0.491 e. The van der Waals surface area contributed by atoms with Crippen LogP contribution in [0.15, 0.2) is 78.5 Å². The number of hydrogen-bond acceptors (Lipinski definition) is 4. The Balaban J connectivity index is 1.45. The fourth-order valence-electron chi connectivity index (χ4n) is 4.89. The third kappa shape index (κ3) is 5.21. The van der Waals surface area contributed by atoms with Crippen molar-refractivity contribution in [3.8, 4) is 5.75 Å². The predicted octanol–water partition coefficient (Wildman–Crippen LogP) is 6.13. The molecule has 4 aromatic rings. The molecule has 5 rings (SSSR count). The smallest absolute Gasteiger partial charge is 0.335 e. The molecule has 0 bridgehead atoms. The average Bonchev–Trinajstić information content (AvgIpc) is 3.24. The molecule has 1 aromatic heterocycles. The number of carbonyl (C=O) groups is 3. The molecule has 1 fully saturated rings. The van der Waals surface area contributed by atoms with Gasteiger partial charge >= 0.3 is 6.03 Å². The van der Waals surface area contributed by atoms with Gasteiger partial charge in [-0.15, -0.1) is 0 Å². The van der Waals surface area contributed by atoms with E-state index in [1.165, 1.54) is 0 Å². The summed E-state index contributed by atoms with van der Waals surface area (Å²) in [7, 11) is 0. The lowest BCUT2D eigenvalue weighted by Gasteiger charge is -2.26. The normalized spacial score (nSPS) is 14.9. The van der Waals surface area contributed by atoms with Gasteiger partial charge in [-0.05, 0) is 66.8 Å². The fraction of sp³-hybridized carbons (Fsp3) is 0.219. The van der Waals surface area contributed by atoms with E-state index in [2.05, 4.69) is 41.9 Å². The summed E-state index contributed by atoms with van der Waals surface area (Å²) < 4.78 is 8.27. The van der Waals surface area contributed by atoms with E-state index in [-0.39, 0.29) is 5.57 Å². The van der Waals surface area contributed by atoms with E-state index >= 15 is 0 Å². The summed E-state index contributed by atoms with van der Waals surface area (Å²) >= 11 is 0. The molecule has 0 saturated carbocycles. The van der Waals surface area contributed by atoms with Gasteiger partial charge in [0.05, 0.1) is 12.2 Å². The number of urea groups is 1. The first kappa shape index (κ1) is 26.0. The molecule has 0 radical (unpaired) electrons. The molecule has 1 aliphatic rings. The second-order valence-electron chi connectivity index (χ2n) is 10.1. The van der Waals surface area contributed by atoms with Gasteiger partial charge in [-0.25, -0.2) is 9.69 Å². The minimum atomic E-state index is -0.760. The highest BCUT2D eigenvalue weighted by molar-refractivity contribution is 6.39. The first-order valence-electron chi connectivity index (χ1n) is 13.0. The van der Waals surface area contributed by atoms with Crippen LogP contribution in [-0.4, -0.2) is 29.0 Å². The number of hydrogen-bond donors (Lipinski definition) is 1. The summed E-state index contributed by atoms with van der Waals surface area (Å²) in [6.07, 6.45) is 3.47. The third-order valence-corrected chi connectivity index (χ3v) is 6.86. The van der Waals surface area contributed by atoms with E-state index < -0.39 is 17.8 Å². The molecule has 0 spiro atoms. The average molecular weight is 522 g/mol. The van der Waals surface area contributed by atoms with Crippen molar-refractivity contribution in [2.24, 2.45) is 0 Å². The number of anilines is 1. The molecule has 0 unspecified atom stereocenters. The molecular formula is C32H31N3O4. The summed E-state index contributed by atoms with van der Waals surface area (Å²) in [5.74, 6) is -0.143. The van der Waals surface area contributed by atoms with Crippen LogP contribution in [0.1, 0.15) is 42.0 Å². The van der Waals surface area contributed by atoms with E-state index in [9.17, 15) is 14.4 Å². The lowest BCUT2D eigenvalue weighted by molar-refractivity contribution is -0.122. The standard InChI is InChI=1S/C32H31N3O4/c1-20(2)25-13-12-22(4)17-29(25)39-15-14-34-19-23(26-10-5-6-11-28(26)34)18-27-30(36)33-32(38)35(31(27)37)24-9-7-8-21(3)16-24/h5-13,16-20H,14-15H2,1-4H3,(H,33,36,38)/b27-18-. The number of ether oxygens (including phenoxy) is 1. The maximum atomic E-state index is 13.4. The molecule has 1 saturated heterocycles. The molecule has 0 atom stereocenters. The third-order valence-electron chi connectivity index (χ3n) is 6.86. The fourth-order valence-corrected chi connectivity index (χ4v) is 4.89. The lowest BCUT2D eigenvalue weighted by Crippen LogP contribution is -2.54. The summed E-state index contributed by atoms with van der Waals surface area (Å²) in [6, 6.07) is 20.4. The SMILES string of the molecule is Cc1cccc(N2C(=O)NC(=O)/C(=C/c3cn(CCOc4cc(C)ccc4C(C)C)c4ccccc34)C2=O)c1. The number of benzene rings is 3. The van der Waals surface area contributed by atoms with Crippen LogP contribution in [0.2, 0.25) is 0 Å². The molecule has 2 heterocycles. The van der Waals surface area contributed by atoms with Gasteiger partial charge in [0, 0.05) is 22.7 Å². The van der Waals surface area contributed by atoms with E-state index in [0.717, 1.165) is 38.2 Å². The molecule has 198 valence electrons. The van der Waals surface area contributed by atoms with Crippen molar-refractivity contribution in [1.29, 1.82) is 0 Å². The Kier molecular flexibility index (Phi) is 7.07. The Morgan fingerprint density at radius 1 is 0.923 bits per heavy atom. The summed E-state index contributed by atoms with van der Waals surface area (Å²) in [5, 5.41) is 3.20. The van der Waals surface area contributed by atoms with Crippen LogP contribution in [0.4, 0.5) is 10.5 Å². The van der Waals surface area contributed by atoms with Crippen LogP contribution in [-0.2, 0) is 16.1 Å². The van der Waals surface area contributed by atoms with E-state index in [4.69, 9.17) is 4.74 Å². The van der Waals surface area contributed by atoms with Crippen molar-refractivity contribution in [3.05, 3.63) is 101 Å². The number of rotatable bonds is 7. The molecule has 7 heteroatoms. The molecule has 1 N–H and O–H groups in total. The Bertz CT molecular complexity index is 1630. The number of barbiturate groups is 1. The van der Waals surface area contributed by atoms with Crippen LogP contribution in [0.5, 0.6) is 5.75 Å². The van der Waals surface area contributed by atoms with Crippen molar-refractivity contribution >= 4 is 40.5 Å². The van der Waals surface area contributed by atoms with Crippen LogP contribution < -0.4 is 15.0 Å². The van der Waals surface area contributed by atoms with Gasteiger partial charge in [0.2, 0.25) is 0 Å². The first-order valence-corrected chi connectivity index (χ1v) is 13.0. The Hall–Kier alpha value is -4.65. The first-order chi connectivity index (χ1) is 18.7. The topological polar surface area (TPSA) is 80.6 Å². The maximum Gasteiger partial charge on any atom is 0.335 e. The zero-order chi connectivity index (χ0) is 27.7. The quantitative estimate of drug-likeness (QED) is 0.234. The van der Waals surface area contributed by atoms with Crippen molar-refractivity contribution in [3.63, 3.8) is 0 Å². The summed E-state index contributed by atoms with van der Waals surface area (Å²) in [5.41, 5.74) is 5.18. The Labute approximate surface area is 227 Å². The molecule has 3 aromatic carbocycles. The number of para-hydroxylation sites is 1. The minimum absolute atomic E-state index is 0.100. The monoisotopic (exact) mass is 521 g/mol. The number of imide groups is 2. The molecule has 4 amide bonds. The van der Waals surface area contributed by atoms with Gasteiger partial charge in [0.25, 0.3) is 11.8 Å². The highest BCUT2D eigenvalue weighted by Crippen LogP contribution is 2.29. The lowest BCUT2D eigenvalue weighted by atomic mass is 10.0. The van der Waals surface area contributed by atoms with Crippen LogP contribution >= 0.6 is 0 Å². The second kappa shape index (κ2) is 10.6. The number of amides is 4. The number of carbonyl (C=O) groups excluding carboxylic acids is 3. The molecule has 7 nitrogen and oxygen atoms in total. The number of fused-ring (bicyclic) bond motifs is 1. The van der Waals surface area contributed by atoms with Crippen LogP contribution in [0, 0.1) is 13.8 Å². The van der Waals surface area contributed by atoms with Crippen molar-refractivity contribution in [2.45, 2.75) is 40.2 Å². The summed E-state index contributed by atoms with van der Waals surface area (Å²) in [6.45, 7) is 9.24.